The first-order chi connectivity index (χ1) is 5.88. The molecule has 2 nitrogen and oxygen atoms in total. The van der Waals surface area contributed by atoms with Crippen LogP contribution in [0.3, 0.4) is 0 Å². The minimum Gasteiger partial charge on any atom is -0.320 e. The number of hydrogen-bond acceptors (Lipinski definition) is 2. The molecule has 0 aromatic carbocycles. The summed E-state index contributed by atoms with van der Waals surface area (Å²) in [5.74, 6) is 0.979. The topological polar surface area (TPSA) is 24.1 Å². The zero-order chi connectivity index (χ0) is 8.81. The fourth-order valence-electron chi connectivity index (χ4n) is 1.96. The Morgan fingerprint density at radius 3 is 2.50 bits per heavy atom. The van der Waals surface area contributed by atoms with Gasteiger partial charge in [0.05, 0.1) is 0 Å². The molecule has 0 amide bonds. The molecule has 2 heteroatoms. The monoisotopic (exact) mass is 170 g/mol. The molecule has 1 aliphatic carbocycles. The molecular formula is C10H22N2. The van der Waals surface area contributed by atoms with E-state index < -0.39 is 0 Å². The highest BCUT2D eigenvalue weighted by Gasteiger charge is 2.25. The van der Waals surface area contributed by atoms with Gasteiger partial charge in [0.1, 0.15) is 0 Å². The molecule has 1 saturated carbocycles. The maximum absolute atomic E-state index is 3.44. The lowest BCUT2D eigenvalue weighted by Gasteiger charge is -2.33. The van der Waals surface area contributed by atoms with E-state index in [0.29, 0.717) is 0 Å². The molecule has 0 bridgehead atoms. The van der Waals surface area contributed by atoms with Crippen LogP contribution in [0.5, 0.6) is 0 Å². The summed E-state index contributed by atoms with van der Waals surface area (Å²) in [6.07, 6.45) is 6.99. The van der Waals surface area contributed by atoms with Crippen LogP contribution in [0.15, 0.2) is 0 Å². The standard InChI is InChI=1S/C10H22N2/c1-11-8-4-7-10(12-2)9-5-3-6-9/h9-12H,3-8H2,1-2H3. The predicted octanol–water partition coefficient (Wildman–Crippen LogP) is 1.37. The Morgan fingerprint density at radius 2 is 2.08 bits per heavy atom. The van der Waals surface area contributed by atoms with Crippen molar-refractivity contribution >= 4 is 0 Å². The highest BCUT2D eigenvalue weighted by Crippen LogP contribution is 2.31. The van der Waals surface area contributed by atoms with Gasteiger partial charge in [0, 0.05) is 6.04 Å². The summed E-state index contributed by atoms with van der Waals surface area (Å²) in [5, 5.41) is 6.63. The van der Waals surface area contributed by atoms with Gasteiger partial charge in [-0.1, -0.05) is 6.42 Å². The third kappa shape index (κ3) is 2.76. The zero-order valence-electron chi connectivity index (χ0n) is 8.40. The van der Waals surface area contributed by atoms with Gasteiger partial charge < -0.3 is 10.6 Å². The lowest BCUT2D eigenvalue weighted by atomic mass is 9.78. The molecule has 1 rings (SSSR count). The van der Waals surface area contributed by atoms with Crippen molar-refractivity contribution in [2.24, 2.45) is 5.92 Å². The van der Waals surface area contributed by atoms with E-state index in [4.69, 9.17) is 0 Å². The number of hydrogen-bond donors (Lipinski definition) is 2. The average molecular weight is 170 g/mol. The molecule has 0 aromatic rings. The first-order valence-corrected chi connectivity index (χ1v) is 5.20. The summed E-state index contributed by atoms with van der Waals surface area (Å²) in [5.41, 5.74) is 0. The van der Waals surface area contributed by atoms with Crippen LogP contribution in [-0.2, 0) is 0 Å². The highest BCUT2D eigenvalue weighted by atomic mass is 14.9. The molecule has 0 aliphatic heterocycles. The minimum atomic E-state index is 0.784. The molecule has 0 aromatic heterocycles. The molecule has 12 heavy (non-hydrogen) atoms. The van der Waals surface area contributed by atoms with E-state index >= 15 is 0 Å². The number of rotatable bonds is 6. The summed E-state index contributed by atoms with van der Waals surface area (Å²) in [4.78, 5) is 0. The van der Waals surface area contributed by atoms with Gasteiger partial charge in [-0.05, 0) is 52.2 Å². The Labute approximate surface area is 76.1 Å². The summed E-state index contributed by atoms with van der Waals surface area (Å²) >= 11 is 0. The maximum Gasteiger partial charge on any atom is 0.00927 e. The molecule has 2 N–H and O–H groups in total. The van der Waals surface area contributed by atoms with Crippen molar-refractivity contribution in [1.82, 2.24) is 10.6 Å². The Morgan fingerprint density at radius 1 is 1.33 bits per heavy atom. The van der Waals surface area contributed by atoms with Gasteiger partial charge >= 0.3 is 0 Å². The second kappa shape index (κ2) is 5.55. The molecule has 0 saturated heterocycles. The van der Waals surface area contributed by atoms with Crippen LogP contribution in [0.2, 0.25) is 0 Å². The third-order valence-electron chi connectivity index (χ3n) is 3.03. The smallest absolute Gasteiger partial charge is 0.00927 e. The van der Waals surface area contributed by atoms with E-state index in [-0.39, 0.29) is 0 Å². The van der Waals surface area contributed by atoms with E-state index in [0.717, 1.165) is 18.5 Å². The van der Waals surface area contributed by atoms with E-state index in [9.17, 15) is 0 Å². The molecular weight excluding hydrogens is 148 g/mol. The quantitative estimate of drug-likeness (QED) is 0.588. The van der Waals surface area contributed by atoms with Crippen molar-refractivity contribution in [3.05, 3.63) is 0 Å². The Hall–Kier alpha value is -0.0800. The third-order valence-corrected chi connectivity index (χ3v) is 3.03. The lowest BCUT2D eigenvalue weighted by molar-refractivity contribution is 0.225. The Bertz CT molecular complexity index is 110. The molecule has 1 aliphatic rings. The van der Waals surface area contributed by atoms with Crippen LogP contribution in [0.25, 0.3) is 0 Å². The van der Waals surface area contributed by atoms with Gasteiger partial charge in [0.25, 0.3) is 0 Å². The van der Waals surface area contributed by atoms with Crippen LogP contribution < -0.4 is 10.6 Å². The van der Waals surface area contributed by atoms with Crippen molar-refractivity contribution < 1.29 is 0 Å². The van der Waals surface area contributed by atoms with Crippen LogP contribution in [0, 0.1) is 5.92 Å². The lowest BCUT2D eigenvalue weighted by Crippen LogP contribution is -2.37. The molecule has 1 unspecified atom stereocenters. The Balaban J connectivity index is 2.07. The van der Waals surface area contributed by atoms with Crippen LogP contribution in [0.1, 0.15) is 32.1 Å². The van der Waals surface area contributed by atoms with Gasteiger partial charge in [-0.3, -0.25) is 0 Å². The number of nitrogens with one attached hydrogen (secondary N) is 2. The van der Waals surface area contributed by atoms with Crippen molar-refractivity contribution in [3.8, 4) is 0 Å². The van der Waals surface area contributed by atoms with E-state index in [1.807, 2.05) is 7.05 Å². The molecule has 0 radical (unpaired) electrons. The fraction of sp³-hybridized carbons (Fsp3) is 1.00. The van der Waals surface area contributed by atoms with E-state index in [1.165, 1.54) is 32.1 Å². The first kappa shape index (κ1) is 10.0. The molecule has 0 heterocycles. The van der Waals surface area contributed by atoms with Crippen molar-refractivity contribution in [2.45, 2.75) is 38.1 Å². The van der Waals surface area contributed by atoms with Crippen LogP contribution in [0.4, 0.5) is 0 Å². The predicted molar refractivity (Wildman–Crippen MR) is 53.3 cm³/mol. The van der Waals surface area contributed by atoms with E-state index in [1.54, 1.807) is 0 Å². The highest BCUT2D eigenvalue weighted by molar-refractivity contribution is 4.81. The molecule has 72 valence electrons. The van der Waals surface area contributed by atoms with Crippen LogP contribution in [-0.4, -0.2) is 26.7 Å². The van der Waals surface area contributed by atoms with Crippen molar-refractivity contribution in [2.75, 3.05) is 20.6 Å². The van der Waals surface area contributed by atoms with Crippen molar-refractivity contribution in [1.29, 1.82) is 0 Å². The Kier molecular flexibility index (Phi) is 4.62. The molecule has 0 spiro atoms. The largest absolute Gasteiger partial charge is 0.320 e. The van der Waals surface area contributed by atoms with Gasteiger partial charge in [0.2, 0.25) is 0 Å². The molecule has 1 atom stereocenters. The molecule has 1 fully saturated rings. The summed E-state index contributed by atoms with van der Waals surface area (Å²) in [6.45, 7) is 1.16. The second-order valence-electron chi connectivity index (χ2n) is 3.83. The van der Waals surface area contributed by atoms with Gasteiger partial charge in [-0.25, -0.2) is 0 Å². The van der Waals surface area contributed by atoms with Crippen LogP contribution >= 0.6 is 0 Å². The second-order valence-corrected chi connectivity index (χ2v) is 3.83. The van der Waals surface area contributed by atoms with Gasteiger partial charge in [0.15, 0.2) is 0 Å². The van der Waals surface area contributed by atoms with Gasteiger partial charge in [-0.2, -0.15) is 0 Å². The summed E-state index contributed by atoms with van der Waals surface area (Å²) in [6, 6.07) is 0.784. The SMILES string of the molecule is CNCCCC(NC)C1CCC1. The average Bonchev–Trinajstić information content (AvgIpc) is 1.99. The van der Waals surface area contributed by atoms with Gasteiger partial charge in [-0.15, -0.1) is 0 Å². The fourth-order valence-corrected chi connectivity index (χ4v) is 1.96. The minimum absolute atomic E-state index is 0.784. The maximum atomic E-state index is 3.44. The normalized spacial score (nSPS) is 20.5. The summed E-state index contributed by atoms with van der Waals surface area (Å²) < 4.78 is 0. The summed E-state index contributed by atoms with van der Waals surface area (Å²) in [7, 11) is 4.13. The zero-order valence-corrected chi connectivity index (χ0v) is 8.40. The first-order valence-electron chi connectivity index (χ1n) is 5.20. The van der Waals surface area contributed by atoms with E-state index in [2.05, 4.69) is 17.7 Å². The van der Waals surface area contributed by atoms with Crippen molar-refractivity contribution in [3.63, 3.8) is 0 Å².